The standard InChI is InChI=1S/C9H19NO/c1-7(8(2)11)10-6-9-4-3-5-9/h7-11H,3-6H2,1-2H3. The maximum absolute atomic E-state index is 9.16. The minimum absolute atomic E-state index is 0.227. The Morgan fingerprint density at radius 2 is 2.09 bits per heavy atom. The van der Waals surface area contributed by atoms with E-state index in [1.165, 1.54) is 19.3 Å². The SMILES string of the molecule is CC(O)C(C)NCC1CCC1. The highest BCUT2D eigenvalue weighted by Gasteiger charge is 2.18. The first-order valence-corrected chi connectivity index (χ1v) is 4.61. The molecule has 1 fully saturated rings. The molecule has 1 rings (SSSR count). The van der Waals surface area contributed by atoms with Gasteiger partial charge in [-0.2, -0.15) is 0 Å². The first-order valence-electron chi connectivity index (χ1n) is 4.61. The van der Waals surface area contributed by atoms with Crippen molar-refractivity contribution in [2.75, 3.05) is 6.54 Å². The molecule has 2 unspecified atom stereocenters. The van der Waals surface area contributed by atoms with Gasteiger partial charge < -0.3 is 10.4 Å². The maximum Gasteiger partial charge on any atom is 0.0662 e. The lowest BCUT2D eigenvalue weighted by molar-refractivity contribution is 0.145. The van der Waals surface area contributed by atoms with Crippen molar-refractivity contribution in [2.24, 2.45) is 5.92 Å². The van der Waals surface area contributed by atoms with Crippen LogP contribution in [0, 0.1) is 5.92 Å². The number of nitrogens with one attached hydrogen (secondary N) is 1. The Morgan fingerprint density at radius 1 is 1.45 bits per heavy atom. The zero-order valence-corrected chi connectivity index (χ0v) is 7.51. The van der Waals surface area contributed by atoms with Gasteiger partial charge in [-0.1, -0.05) is 6.42 Å². The van der Waals surface area contributed by atoms with Gasteiger partial charge in [-0.05, 0) is 39.2 Å². The summed E-state index contributed by atoms with van der Waals surface area (Å²) in [7, 11) is 0. The second kappa shape index (κ2) is 4.07. The predicted molar refractivity (Wildman–Crippen MR) is 46.5 cm³/mol. The van der Waals surface area contributed by atoms with Crippen LogP contribution in [0.4, 0.5) is 0 Å². The van der Waals surface area contributed by atoms with Crippen molar-refractivity contribution in [1.82, 2.24) is 5.32 Å². The number of rotatable bonds is 4. The summed E-state index contributed by atoms with van der Waals surface area (Å²) in [6.07, 6.45) is 3.92. The van der Waals surface area contributed by atoms with Crippen LogP contribution in [0.15, 0.2) is 0 Å². The van der Waals surface area contributed by atoms with Crippen molar-refractivity contribution < 1.29 is 5.11 Å². The minimum atomic E-state index is -0.227. The highest BCUT2D eigenvalue weighted by atomic mass is 16.3. The summed E-state index contributed by atoms with van der Waals surface area (Å²) < 4.78 is 0. The Kier molecular flexibility index (Phi) is 3.34. The van der Waals surface area contributed by atoms with Crippen LogP contribution >= 0.6 is 0 Å². The maximum atomic E-state index is 9.16. The molecule has 2 N–H and O–H groups in total. The summed E-state index contributed by atoms with van der Waals surface area (Å²) >= 11 is 0. The number of aliphatic hydroxyl groups is 1. The third-order valence-electron chi connectivity index (χ3n) is 2.68. The van der Waals surface area contributed by atoms with Gasteiger partial charge >= 0.3 is 0 Å². The molecule has 0 bridgehead atoms. The number of hydrogen-bond donors (Lipinski definition) is 2. The largest absolute Gasteiger partial charge is 0.392 e. The summed E-state index contributed by atoms with van der Waals surface area (Å²) in [5.74, 6) is 0.885. The van der Waals surface area contributed by atoms with Crippen molar-refractivity contribution in [3.63, 3.8) is 0 Å². The first kappa shape index (κ1) is 9.01. The average Bonchev–Trinajstić information content (AvgIpc) is 1.83. The van der Waals surface area contributed by atoms with Gasteiger partial charge in [0.25, 0.3) is 0 Å². The van der Waals surface area contributed by atoms with Crippen LogP contribution in [0.3, 0.4) is 0 Å². The minimum Gasteiger partial charge on any atom is -0.392 e. The number of hydrogen-bond acceptors (Lipinski definition) is 2. The molecular weight excluding hydrogens is 138 g/mol. The summed E-state index contributed by atoms with van der Waals surface area (Å²) in [6.45, 7) is 4.95. The first-order chi connectivity index (χ1) is 5.20. The van der Waals surface area contributed by atoms with Gasteiger partial charge in [-0.25, -0.2) is 0 Å². The van der Waals surface area contributed by atoms with Crippen LogP contribution in [0.25, 0.3) is 0 Å². The number of aliphatic hydroxyl groups excluding tert-OH is 1. The van der Waals surface area contributed by atoms with E-state index in [2.05, 4.69) is 5.32 Å². The second-order valence-electron chi connectivity index (χ2n) is 3.73. The fourth-order valence-electron chi connectivity index (χ4n) is 1.22. The molecule has 2 heteroatoms. The zero-order valence-electron chi connectivity index (χ0n) is 7.51. The summed E-state index contributed by atoms with van der Waals surface area (Å²) in [4.78, 5) is 0. The molecule has 0 amide bonds. The monoisotopic (exact) mass is 157 g/mol. The van der Waals surface area contributed by atoms with Crippen LogP contribution in [-0.4, -0.2) is 23.8 Å². The highest BCUT2D eigenvalue weighted by Crippen LogP contribution is 2.25. The van der Waals surface area contributed by atoms with Crippen LogP contribution in [0.5, 0.6) is 0 Å². The van der Waals surface area contributed by atoms with E-state index in [0.717, 1.165) is 12.5 Å². The topological polar surface area (TPSA) is 32.3 Å². The van der Waals surface area contributed by atoms with Crippen molar-refractivity contribution in [1.29, 1.82) is 0 Å². The quantitative estimate of drug-likeness (QED) is 0.641. The van der Waals surface area contributed by atoms with Gasteiger partial charge in [0.2, 0.25) is 0 Å². The Bertz CT molecular complexity index is 110. The van der Waals surface area contributed by atoms with Gasteiger partial charge in [-0.15, -0.1) is 0 Å². The molecule has 0 aromatic rings. The lowest BCUT2D eigenvalue weighted by Gasteiger charge is -2.28. The molecule has 2 atom stereocenters. The van der Waals surface area contributed by atoms with E-state index >= 15 is 0 Å². The summed E-state index contributed by atoms with van der Waals surface area (Å²) in [6, 6.07) is 0.246. The molecule has 0 radical (unpaired) electrons. The fourth-order valence-corrected chi connectivity index (χ4v) is 1.22. The lowest BCUT2D eigenvalue weighted by Crippen LogP contribution is -2.39. The molecule has 2 nitrogen and oxygen atoms in total. The average molecular weight is 157 g/mol. The third kappa shape index (κ3) is 2.80. The Hall–Kier alpha value is -0.0800. The molecule has 1 aliphatic rings. The molecule has 1 saturated carbocycles. The van der Waals surface area contributed by atoms with Crippen LogP contribution in [0.2, 0.25) is 0 Å². The van der Waals surface area contributed by atoms with Gasteiger partial charge in [0.05, 0.1) is 6.10 Å². The van der Waals surface area contributed by atoms with Crippen LogP contribution in [0.1, 0.15) is 33.1 Å². The highest BCUT2D eigenvalue weighted by molar-refractivity contribution is 4.75. The molecule has 0 aromatic carbocycles. The van der Waals surface area contributed by atoms with E-state index in [1.54, 1.807) is 0 Å². The van der Waals surface area contributed by atoms with Crippen molar-refractivity contribution >= 4 is 0 Å². The van der Waals surface area contributed by atoms with Crippen LogP contribution < -0.4 is 5.32 Å². The van der Waals surface area contributed by atoms with E-state index in [-0.39, 0.29) is 12.1 Å². The summed E-state index contributed by atoms with van der Waals surface area (Å²) in [5.41, 5.74) is 0. The Labute approximate surface area is 69.0 Å². The van der Waals surface area contributed by atoms with Crippen molar-refractivity contribution in [2.45, 2.75) is 45.3 Å². The third-order valence-corrected chi connectivity index (χ3v) is 2.68. The summed E-state index contributed by atoms with van der Waals surface area (Å²) in [5, 5.41) is 12.5. The molecule has 0 heterocycles. The second-order valence-corrected chi connectivity index (χ2v) is 3.73. The van der Waals surface area contributed by atoms with Crippen molar-refractivity contribution in [3.8, 4) is 0 Å². The van der Waals surface area contributed by atoms with Gasteiger partial charge in [0, 0.05) is 6.04 Å². The molecule has 0 spiro atoms. The molecule has 0 aliphatic heterocycles. The van der Waals surface area contributed by atoms with E-state index in [0.29, 0.717) is 0 Å². The predicted octanol–water partition coefficient (Wildman–Crippen LogP) is 1.15. The van der Waals surface area contributed by atoms with Gasteiger partial charge in [0.15, 0.2) is 0 Å². The van der Waals surface area contributed by atoms with E-state index < -0.39 is 0 Å². The van der Waals surface area contributed by atoms with Gasteiger partial charge in [0.1, 0.15) is 0 Å². The normalized spacial score (nSPS) is 24.3. The van der Waals surface area contributed by atoms with Gasteiger partial charge in [-0.3, -0.25) is 0 Å². The van der Waals surface area contributed by atoms with E-state index in [4.69, 9.17) is 5.11 Å². The lowest BCUT2D eigenvalue weighted by atomic mass is 9.85. The Balaban J connectivity index is 2.01. The van der Waals surface area contributed by atoms with Crippen molar-refractivity contribution in [3.05, 3.63) is 0 Å². The fraction of sp³-hybridized carbons (Fsp3) is 1.00. The van der Waals surface area contributed by atoms with Crippen LogP contribution in [-0.2, 0) is 0 Å². The molecule has 0 saturated heterocycles. The molecule has 1 aliphatic carbocycles. The van der Waals surface area contributed by atoms with E-state index in [1.807, 2.05) is 13.8 Å². The smallest absolute Gasteiger partial charge is 0.0662 e. The Morgan fingerprint density at radius 3 is 2.45 bits per heavy atom. The molecular formula is C9H19NO. The van der Waals surface area contributed by atoms with E-state index in [9.17, 15) is 0 Å². The molecule has 0 aromatic heterocycles. The molecule has 11 heavy (non-hydrogen) atoms. The zero-order chi connectivity index (χ0) is 8.27. The molecule has 66 valence electrons.